The molecule has 206 valence electrons. The van der Waals surface area contributed by atoms with E-state index in [1.54, 1.807) is 4.68 Å². The number of pyridine rings is 1. The number of hydrogen-bond acceptors (Lipinski definition) is 7. The highest BCUT2D eigenvalue weighted by atomic mass is 32.2. The van der Waals surface area contributed by atoms with Crippen LogP contribution in [0.2, 0.25) is 0 Å². The first-order valence-corrected chi connectivity index (χ1v) is 15.1. The Morgan fingerprint density at radius 2 is 1.62 bits per heavy atom. The number of hydrogen-bond donors (Lipinski definition) is 1. The third kappa shape index (κ3) is 5.44. The van der Waals surface area contributed by atoms with Crippen LogP contribution in [0.4, 0.5) is 26.0 Å². The second-order valence-corrected chi connectivity index (χ2v) is 13.0. The van der Waals surface area contributed by atoms with Crippen LogP contribution >= 0.6 is 11.9 Å². The highest BCUT2D eigenvalue weighted by Crippen LogP contribution is 2.54. The molecule has 0 radical (unpaired) electrons. The summed E-state index contributed by atoms with van der Waals surface area (Å²) in [6, 6.07) is 10.5. The number of aromatic nitrogens is 4. The second kappa shape index (κ2) is 9.64. The van der Waals surface area contributed by atoms with Crippen molar-refractivity contribution in [1.82, 2.24) is 20.0 Å². The first kappa shape index (κ1) is 25.1. The van der Waals surface area contributed by atoms with Crippen molar-refractivity contribution < 1.29 is 8.78 Å². The predicted molar refractivity (Wildman–Crippen MR) is 153 cm³/mol. The van der Waals surface area contributed by atoms with Gasteiger partial charge in [0.1, 0.15) is 11.5 Å². The molecule has 3 aromatic rings. The molecular weight excluding hydrogens is 516 g/mol. The van der Waals surface area contributed by atoms with Crippen LogP contribution in [0.25, 0.3) is 17.1 Å². The Kier molecular flexibility index (Phi) is 6.21. The molecule has 0 amide bonds. The Labute approximate surface area is 232 Å². The van der Waals surface area contributed by atoms with Crippen molar-refractivity contribution >= 4 is 29.1 Å². The molecule has 4 heterocycles. The quantitative estimate of drug-likeness (QED) is 0.338. The van der Waals surface area contributed by atoms with Crippen LogP contribution in [0.3, 0.4) is 0 Å². The summed E-state index contributed by atoms with van der Waals surface area (Å²) in [6.07, 6.45) is 9.51. The molecule has 2 saturated carbocycles. The van der Waals surface area contributed by atoms with Crippen LogP contribution in [-0.2, 0) is 0 Å². The lowest BCUT2D eigenvalue weighted by atomic mass is 9.93. The third-order valence-electron chi connectivity index (χ3n) is 8.75. The molecule has 1 N–H and O–H groups in total. The Morgan fingerprint density at radius 3 is 2.33 bits per heavy atom. The summed E-state index contributed by atoms with van der Waals surface area (Å²) in [5.41, 5.74) is 5.82. The SMILES string of the molecule is Cc1cc(N2CCC(F)(F)CC2)nc(-n2cc(-c3ccc(NSC4CC4)cc3N3CCC4(CC3)CC4)nn2)c1. The van der Waals surface area contributed by atoms with Crippen LogP contribution < -0.4 is 14.5 Å². The second-order valence-electron chi connectivity index (χ2n) is 11.9. The maximum absolute atomic E-state index is 13.7. The summed E-state index contributed by atoms with van der Waals surface area (Å²) < 4.78 is 32.7. The fourth-order valence-electron chi connectivity index (χ4n) is 5.78. The molecule has 2 aliphatic heterocycles. The Morgan fingerprint density at radius 1 is 0.897 bits per heavy atom. The van der Waals surface area contributed by atoms with E-state index in [0.29, 0.717) is 30.1 Å². The molecule has 1 spiro atoms. The lowest BCUT2D eigenvalue weighted by Gasteiger charge is -2.35. The maximum Gasteiger partial charge on any atom is 0.251 e. The fraction of sp³-hybridized carbons (Fsp3) is 0.552. The van der Waals surface area contributed by atoms with Gasteiger partial charge in [0.2, 0.25) is 0 Å². The summed E-state index contributed by atoms with van der Waals surface area (Å²) in [5.74, 6) is -1.23. The van der Waals surface area contributed by atoms with Gasteiger partial charge in [0, 0.05) is 61.2 Å². The zero-order valence-corrected chi connectivity index (χ0v) is 23.2. The predicted octanol–water partition coefficient (Wildman–Crippen LogP) is 6.48. The van der Waals surface area contributed by atoms with Crippen molar-refractivity contribution in [3.8, 4) is 17.1 Å². The van der Waals surface area contributed by atoms with Gasteiger partial charge in [0.05, 0.1) is 6.20 Å². The number of rotatable bonds is 7. The zero-order valence-electron chi connectivity index (χ0n) is 22.4. The number of piperidine rings is 2. The summed E-state index contributed by atoms with van der Waals surface area (Å²) >= 11 is 1.82. The van der Waals surface area contributed by atoms with Gasteiger partial charge in [-0.05, 0) is 98.7 Å². The number of alkyl halides is 2. The average Bonchev–Trinajstić information content (AvgIpc) is 3.86. The number of nitrogens with one attached hydrogen (secondary N) is 1. The highest BCUT2D eigenvalue weighted by Gasteiger charge is 2.44. The zero-order chi connectivity index (χ0) is 26.6. The number of nitrogens with zero attached hydrogens (tertiary/aromatic N) is 6. The smallest absolute Gasteiger partial charge is 0.251 e. The molecule has 0 bridgehead atoms. The molecule has 0 atom stereocenters. The van der Waals surface area contributed by atoms with Crippen LogP contribution in [0, 0.1) is 12.3 Å². The topological polar surface area (TPSA) is 62.1 Å². The molecule has 10 heteroatoms. The molecule has 4 fully saturated rings. The van der Waals surface area contributed by atoms with E-state index in [-0.39, 0.29) is 12.8 Å². The normalized spacial score (nSPS) is 21.8. The minimum atomic E-state index is -2.59. The van der Waals surface area contributed by atoms with E-state index in [4.69, 9.17) is 4.98 Å². The van der Waals surface area contributed by atoms with E-state index in [2.05, 4.69) is 38.1 Å². The van der Waals surface area contributed by atoms with E-state index in [1.807, 2.05) is 42.1 Å². The fourth-order valence-corrected chi connectivity index (χ4v) is 6.58. The van der Waals surface area contributed by atoms with Gasteiger partial charge in [-0.3, -0.25) is 0 Å². The minimum absolute atomic E-state index is 0.143. The molecule has 1 aromatic carbocycles. The molecule has 2 aromatic heterocycles. The van der Waals surface area contributed by atoms with Crippen LogP contribution in [0.1, 0.15) is 56.9 Å². The first-order chi connectivity index (χ1) is 18.8. The van der Waals surface area contributed by atoms with Crippen molar-refractivity contribution in [2.75, 3.05) is 40.7 Å². The lowest BCUT2D eigenvalue weighted by molar-refractivity contribution is -0.0221. The number of aryl methyl sites for hydroxylation is 1. The maximum atomic E-state index is 13.7. The lowest BCUT2D eigenvalue weighted by Crippen LogP contribution is -2.39. The minimum Gasteiger partial charge on any atom is -0.371 e. The van der Waals surface area contributed by atoms with Gasteiger partial charge in [-0.15, -0.1) is 5.10 Å². The summed E-state index contributed by atoms with van der Waals surface area (Å²) in [5, 5.41) is 9.75. The molecule has 7 rings (SSSR count). The number of anilines is 3. The van der Waals surface area contributed by atoms with E-state index >= 15 is 0 Å². The van der Waals surface area contributed by atoms with Crippen LogP contribution in [-0.4, -0.2) is 57.3 Å². The van der Waals surface area contributed by atoms with E-state index in [0.717, 1.165) is 40.8 Å². The Bertz CT molecular complexity index is 1350. The van der Waals surface area contributed by atoms with Crippen molar-refractivity contribution in [3.05, 3.63) is 42.1 Å². The van der Waals surface area contributed by atoms with Gasteiger partial charge in [0.15, 0.2) is 5.82 Å². The number of halogens is 2. The van der Waals surface area contributed by atoms with Crippen molar-refractivity contribution in [2.24, 2.45) is 5.41 Å². The van der Waals surface area contributed by atoms with E-state index < -0.39 is 5.92 Å². The molecule has 39 heavy (non-hydrogen) atoms. The standard InChI is InChI=1S/C29H35F2N7S/c1-20-16-26(37-14-10-29(30,31)11-15-37)32-27(17-20)38-19-24(33-35-38)23-5-2-21(34-39-22-3-4-22)18-25(23)36-12-8-28(6-7-28)9-13-36/h2,5,16-19,22,34H,3-4,6-15H2,1H3. The van der Waals surface area contributed by atoms with Gasteiger partial charge in [-0.1, -0.05) is 5.21 Å². The van der Waals surface area contributed by atoms with Crippen molar-refractivity contribution in [2.45, 2.75) is 69.5 Å². The van der Waals surface area contributed by atoms with Crippen molar-refractivity contribution in [3.63, 3.8) is 0 Å². The molecule has 4 aliphatic rings. The molecule has 0 unspecified atom stereocenters. The third-order valence-corrected chi connectivity index (χ3v) is 9.91. The van der Waals surface area contributed by atoms with Gasteiger partial charge < -0.3 is 14.5 Å². The van der Waals surface area contributed by atoms with Gasteiger partial charge >= 0.3 is 0 Å². The Hall–Kier alpha value is -2.88. The largest absolute Gasteiger partial charge is 0.371 e. The monoisotopic (exact) mass is 551 g/mol. The van der Waals surface area contributed by atoms with Crippen LogP contribution in [0.15, 0.2) is 36.5 Å². The molecular formula is C29H35F2N7S. The average molecular weight is 552 g/mol. The Balaban J connectivity index is 1.16. The summed E-state index contributed by atoms with van der Waals surface area (Å²) in [4.78, 5) is 9.25. The van der Waals surface area contributed by atoms with Gasteiger partial charge in [-0.2, -0.15) is 0 Å². The summed E-state index contributed by atoms with van der Waals surface area (Å²) in [6.45, 7) is 4.73. The van der Waals surface area contributed by atoms with E-state index in [1.165, 1.54) is 44.2 Å². The summed E-state index contributed by atoms with van der Waals surface area (Å²) in [7, 11) is 0. The van der Waals surface area contributed by atoms with Crippen LogP contribution in [0.5, 0.6) is 0 Å². The van der Waals surface area contributed by atoms with E-state index in [9.17, 15) is 8.78 Å². The number of benzene rings is 1. The molecule has 2 aliphatic carbocycles. The molecule has 7 nitrogen and oxygen atoms in total. The van der Waals surface area contributed by atoms with Gasteiger partial charge in [-0.25, -0.2) is 18.4 Å². The van der Waals surface area contributed by atoms with Crippen molar-refractivity contribution in [1.29, 1.82) is 0 Å². The highest BCUT2D eigenvalue weighted by molar-refractivity contribution is 8.01. The molecule has 2 saturated heterocycles. The van der Waals surface area contributed by atoms with Gasteiger partial charge in [0.25, 0.3) is 5.92 Å². The first-order valence-electron chi connectivity index (χ1n) is 14.2.